The number of anilines is 1. The Morgan fingerprint density at radius 2 is 1.76 bits per heavy atom. The number of carbonyl (C=O) groups is 1. The SMILES string of the molecule is Cc1cc(C)cc(NC(=O)c2cc(C)sn2)c1. The Balaban J connectivity index is 2.18. The lowest BCUT2D eigenvalue weighted by atomic mass is 10.1. The molecule has 1 N–H and O–H groups in total. The van der Waals surface area contributed by atoms with Gasteiger partial charge in [0.15, 0.2) is 0 Å². The predicted octanol–water partition coefficient (Wildman–Crippen LogP) is 3.32. The van der Waals surface area contributed by atoms with Gasteiger partial charge in [0.05, 0.1) is 0 Å². The maximum atomic E-state index is 11.9. The second-order valence-electron chi connectivity index (χ2n) is 4.15. The maximum Gasteiger partial charge on any atom is 0.275 e. The molecule has 1 heterocycles. The largest absolute Gasteiger partial charge is 0.321 e. The van der Waals surface area contributed by atoms with E-state index in [1.807, 2.05) is 32.9 Å². The molecule has 0 fully saturated rings. The Morgan fingerprint density at radius 1 is 1.12 bits per heavy atom. The second-order valence-corrected chi connectivity index (χ2v) is 5.16. The number of nitrogens with one attached hydrogen (secondary N) is 1. The van der Waals surface area contributed by atoms with E-state index >= 15 is 0 Å². The summed E-state index contributed by atoms with van der Waals surface area (Å²) < 4.78 is 4.09. The van der Waals surface area contributed by atoms with Crippen molar-refractivity contribution in [1.82, 2.24) is 4.37 Å². The van der Waals surface area contributed by atoms with Crippen LogP contribution in [-0.4, -0.2) is 10.3 Å². The molecule has 88 valence electrons. The van der Waals surface area contributed by atoms with E-state index < -0.39 is 0 Å². The summed E-state index contributed by atoms with van der Waals surface area (Å²) in [4.78, 5) is 12.9. The van der Waals surface area contributed by atoms with Crippen molar-refractivity contribution in [2.75, 3.05) is 5.32 Å². The molecule has 0 aliphatic rings. The molecule has 0 saturated heterocycles. The van der Waals surface area contributed by atoms with E-state index in [-0.39, 0.29) is 5.91 Å². The molecule has 1 aromatic carbocycles. The third-order valence-corrected chi connectivity index (χ3v) is 3.03. The summed E-state index contributed by atoms with van der Waals surface area (Å²) in [5.74, 6) is -0.153. The van der Waals surface area contributed by atoms with Crippen molar-refractivity contribution in [3.05, 3.63) is 46.0 Å². The van der Waals surface area contributed by atoms with Crippen LogP contribution in [0.1, 0.15) is 26.5 Å². The highest BCUT2D eigenvalue weighted by Gasteiger charge is 2.09. The minimum atomic E-state index is -0.153. The van der Waals surface area contributed by atoms with Gasteiger partial charge in [0, 0.05) is 10.6 Å². The van der Waals surface area contributed by atoms with Gasteiger partial charge in [-0.25, -0.2) is 0 Å². The van der Waals surface area contributed by atoms with Crippen LogP contribution in [0.5, 0.6) is 0 Å². The van der Waals surface area contributed by atoms with Crippen LogP contribution >= 0.6 is 11.5 Å². The number of hydrogen-bond donors (Lipinski definition) is 1. The second kappa shape index (κ2) is 4.67. The normalized spacial score (nSPS) is 10.3. The molecule has 0 aliphatic heterocycles. The van der Waals surface area contributed by atoms with E-state index in [1.54, 1.807) is 6.07 Å². The lowest BCUT2D eigenvalue weighted by Crippen LogP contribution is -2.12. The zero-order chi connectivity index (χ0) is 12.4. The molecule has 2 rings (SSSR count). The molecule has 1 amide bonds. The molecule has 0 saturated carbocycles. The van der Waals surface area contributed by atoms with Gasteiger partial charge >= 0.3 is 0 Å². The Kier molecular flexibility index (Phi) is 3.24. The van der Waals surface area contributed by atoms with E-state index in [9.17, 15) is 4.79 Å². The van der Waals surface area contributed by atoms with Crippen molar-refractivity contribution in [2.45, 2.75) is 20.8 Å². The van der Waals surface area contributed by atoms with Crippen LogP contribution in [-0.2, 0) is 0 Å². The van der Waals surface area contributed by atoms with Crippen LogP contribution in [0.15, 0.2) is 24.3 Å². The molecule has 0 unspecified atom stereocenters. The summed E-state index contributed by atoms with van der Waals surface area (Å²) in [6, 6.07) is 7.76. The van der Waals surface area contributed by atoms with Gasteiger partial charge in [-0.05, 0) is 61.6 Å². The molecule has 0 aliphatic carbocycles. The minimum Gasteiger partial charge on any atom is -0.321 e. The predicted molar refractivity (Wildman–Crippen MR) is 70.7 cm³/mol. The average molecular weight is 246 g/mol. The molecule has 0 spiro atoms. The smallest absolute Gasteiger partial charge is 0.275 e. The Bertz CT molecular complexity index is 540. The molecule has 17 heavy (non-hydrogen) atoms. The van der Waals surface area contributed by atoms with E-state index in [0.29, 0.717) is 5.69 Å². The van der Waals surface area contributed by atoms with Crippen LogP contribution in [0.25, 0.3) is 0 Å². The highest BCUT2D eigenvalue weighted by atomic mass is 32.1. The number of aryl methyl sites for hydroxylation is 3. The zero-order valence-electron chi connectivity index (χ0n) is 10.1. The van der Waals surface area contributed by atoms with Crippen molar-refractivity contribution in [2.24, 2.45) is 0 Å². The minimum absolute atomic E-state index is 0.153. The summed E-state index contributed by atoms with van der Waals surface area (Å²) in [7, 11) is 0. The van der Waals surface area contributed by atoms with Gasteiger partial charge in [0.2, 0.25) is 0 Å². The molecule has 0 atom stereocenters. The van der Waals surface area contributed by atoms with Gasteiger partial charge < -0.3 is 5.32 Å². The number of aromatic nitrogens is 1. The first-order valence-electron chi connectivity index (χ1n) is 5.37. The standard InChI is InChI=1S/C13H14N2OS/c1-8-4-9(2)6-11(5-8)14-13(16)12-7-10(3)17-15-12/h4-7H,1-3H3,(H,14,16). The Labute approximate surface area is 105 Å². The van der Waals surface area contributed by atoms with E-state index in [4.69, 9.17) is 0 Å². The van der Waals surface area contributed by atoms with E-state index in [0.717, 1.165) is 21.7 Å². The highest BCUT2D eigenvalue weighted by molar-refractivity contribution is 7.05. The molecular formula is C13H14N2OS. The molecule has 0 bridgehead atoms. The van der Waals surface area contributed by atoms with Gasteiger partial charge in [-0.3, -0.25) is 4.79 Å². The number of amides is 1. The van der Waals surface area contributed by atoms with Crippen LogP contribution in [0.2, 0.25) is 0 Å². The summed E-state index contributed by atoms with van der Waals surface area (Å²) in [5.41, 5.74) is 3.56. The molecule has 2 aromatic rings. The van der Waals surface area contributed by atoms with Gasteiger partial charge in [0.1, 0.15) is 5.69 Å². The van der Waals surface area contributed by atoms with Crippen LogP contribution in [0, 0.1) is 20.8 Å². The van der Waals surface area contributed by atoms with Crippen molar-refractivity contribution in [3.8, 4) is 0 Å². The Hall–Kier alpha value is -1.68. The lowest BCUT2D eigenvalue weighted by Gasteiger charge is -2.05. The number of rotatable bonds is 2. The third-order valence-electron chi connectivity index (χ3n) is 2.34. The van der Waals surface area contributed by atoms with Gasteiger partial charge in [-0.1, -0.05) is 6.07 Å². The van der Waals surface area contributed by atoms with Crippen LogP contribution in [0.4, 0.5) is 5.69 Å². The summed E-state index contributed by atoms with van der Waals surface area (Å²) in [5, 5.41) is 2.86. The fourth-order valence-electron chi connectivity index (χ4n) is 1.72. The van der Waals surface area contributed by atoms with Crippen molar-refractivity contribution >= 4 is 23.1 Å². The first-order chi connectivity index (χ1) is 8.04. The topological polar surface area (TPSA) is 42.0 Å². The summed E-state index contributed by atoms with van der Waals surface area (Å²) >= 11 is 1.34. The van der Waals surface area contributed by atoms with Gasteiger partial charge in [-0.15, -0.1) is 0 Å². The lowest BCUT2D eigenvalue weighted by molar-refractivity contribution is 0.102. The molecule has 1 aromatic heterocycles. The van der Waals surface area contributed by atoms with Crippen LogP contribution in [0.3, 0.4) is 0 Å². The van der Waals surface area contributed by atoms with Crippen molar-refractivity contribution < 1.29 is 4.79 Å². The fraction of sp³-hybridized carbons (Fsp3) is 0.231. The molecule has 4 heteroatoms. The molecule has 0 radical (unpaired) electrons. The maximum absolute atomic E-state index is 11.9. The monoisotopic (exact) mass is 246 g/mol. The first kappa shape index (κ1) is 11.8. The Morgan fingerprint density at radius 3 is 2.29 bits per heavy atom. The number of benzene rings is 1. The van der Waals surface area contributed by atoms with Crippen molar-refractivity contribution in [3.63, 3.8) is 0 Å². The van der Waals surface area contributed by atoms with Crippen molar-refractivity contribution in [1.29, 1.82) is 0 Å². The van der Waals surface area contributed by atoms with Crippen LogP contribution < -0.4 is 5.32 Å². The molecular weight excluding hydrogens is 232 g/mol. The number of hydrogen-bond acceptors (Lipinski definition) is 3. The van der Waals surface area contributed by atoms with Gasteiger partial charge in [-0.2, -0.15) is 4.37 Å². The third kappa shape index (κ3) is 2.91. The van der Waals surface area contributed by atoms with Gasteiger partial charge in [0.25, 0.3) is 5.91 Å². The fourth-order valence-corrected chi connectivity index (χ4v) is 2.26. The first-order valence-corrected chi connectivity index (χ1v) is 6.15. The summed E-state index contributed by atoms with van der Waals surface area (Å²) in [6.45, 7) is 5.95. The number of nitrogens with zero attached hydrogens (tertiary/aromatic N) is 1. The van der Waals surface area contributed by atoms with E-state index in [2.05, 4.69) is 15.8 Å². The molecule has 3 nitrogen and oxygen atoms in total. The highest BCUT2D eigenvalue weighted by Crippen LogP contribution is 2.15. The number of carbonyl (C=O) groups excluding carboxylic acids is 1. The average Bonchev–Trinajstić information content (AvgIpc) is 2.63. The quantitative estimate of drug-likeness (QED) is 0.883. The zero-order valence-corrected chi connectivity index (χ0v) is 10.9. The van der Waals surface area contributed by atoms with E-state index in [1.165, 1.54) is 11.5 Å². The summed E-state index contributed by atoms with van der Waals surface area (Å²) in [6.07, 6.45) is 0.